The lowest BCUT2D eigenvalue weighted by atomic mass is 10.0. The van der Waals surface area contributed by atoms with Gasteiger partial charge in [0.2, 0.25) is 5.95 Å². The van der Waals surface area contributed by atoms with Crippen LogP contribution in [0.5, 0.6) is 0 Å². The van der Waals surface area contributed by atoms with E-state index in [2.05, 4.69) is 49.5 Å². The first-order valence-corrected chi connectivity index (χ1v) is 8.71. The highest BCUT2D eigenvalue weighted by atomic mass is 32.1. The Hall–Kier alpha value is -3.06. The fraction of sp³-hybridized carbons (Fsp3) is 0.111. The summed E-state index contributed by atoms with van der Waals surface area (Å²) in [7, 11) is 0. The predicted octanol–water partition coefficient (Wildman–Crippen LogP) is 4.35. The Bertz CT molecular complexity index is 1020. The van der Waals surface area contributed by atoms with Crippen molar-refractivity contribution < 1.29 is 0 Å². The molecule has 0 bridgehead atoms. The summed E-state index contributed by atoms with van der Waals surface area (Å²) in [6.45, 7) is 4.01. The number of aryl methyl sites for hydroxylation is 2. The Morgan fingerprint density at radius 2 is 1.92 bits per heavy atom. The average Bonchev–Trinajstić information content (AvgIpc) is 3.24. The number of anilines is 2. The predicted molar refractivity (Wildman–Crippen MR) is 99.9 cm³/mol. The zero-order chi connectivity index (χ0) is 17.2. The molecule has 0 aliphatic heterocycles. The van der Waals surface area contributed by atoms with Crippen LogP contribution in [0, 0.1) is 13.8 Å². The lowest BCUT2D eigenvalue weighted by molar-refractivity contribution is 1.09. The minimum Gasteiger partial charge on any atom is -0.300 e. The average molecular weight is 348 g/mol. The third-order valence-corrected chi connectivity index (χ3v) is 4.59. The summed E-state index contributed by atoms with van der Waals surface area (Å²) in [6.07, 6.45) is 3.61. The Morgan fingerprint density at radius 3 is 2.76 bits per heavy atom. The van der Waals surface area contributed by atoms with Crippen molar-refractivity contribution in [3.63, 3.8) is 0 Å². The van der Waals surface area contributed by atoms with E-state index in [9.17, 15) is 0 Å². The second kappa shape index (κ2) is 6.45. The van der Waals surface area contributed by atoms with E-state index in [4.69, 9.17) is 0 Å². The van der Waals surface area contributed by atoms with Crippen LogP contribution in [0.3, 0.4) is 0 Å². The van der Waals surface area contributed by atoms with Crippen molar-refractivity contribution in [1.29, 1.82) is 0 Å². The van der Waals surface area contributed by atoms with Gasteiger partial charge in [-0.25, -0.2) is 15.0 Å². The third kappa shape index (κ3) is 3.14. The summed E-state index contributed by atoms with van der Waals surface area (Å²) in [5.41, 5.74) is 5.93. The molecule has 25 heavy (non-hydrogen) atoms. The Kier molecular flexibility index (Phi) is 3.99. The van der Waals surface area contributed by atoms with E-state index in [1.54, 1.807) is 6.20 Å². The number of hydrogen-bond acceptors (Lipinski definition) is 6. The summed E-state index contributed by atoms with van der Waals surface area (Å²) in [6, 6.07) is 10.1. The van der Waals surface area contributed by atoms with Gasteiger partial charge in [0.1, 0.15) is 5.69 Å². The molecule has 0 saturated carbocycles. The monoisotopic (exact) mass is 348 g/mol. The van der Waals surface area contributed by atoms with Crippen molar-refractivity contribution in [2.45, 2.75) is 13.8 Å². The third-order valence-electron chi connectivity index (χ3n) is 3.83. The van der Waals surface area contributed by atoms with Gasteiger partial charge in [0.15, 0.2) is 5.13 Å². The smallest absolute Gasteiger partial charge is 0.229 e. The summed E-state index contributed by atoms with van der Waals surface area (Å²) in [5, 5.41) is 13.3. The highest BCUT2D eigenvalue weighted by Gasteiger charge is 2.15. The van der Waals surface area contributed by atoms with Gasteiger partial charge in [0.25, 0.3) is 0 Å². The molecule has 0 atom stereocenters. The molecule has 0 saturated heterocycles. The van der Waals surface area contributed by atoms with Crippen LogP contribution in [-0.2, 0) is 0 Å². The van der Waals surface area contributed by atoms with E-state index in [0.29, 0.717) is 5.95 Å². The van der Waals surface area contributed by atoms with Gasteiger partial charge in [0, 0.05) is 34.6 Å². The molecule has 6 nitrogen and oxygen atoms in total. The van der Waals surface area contributed by atoms with Gasteiger partial charge < -0.3 is 5.32 Å². The standard InChI is InChI=1S/C18H16N6S/c1-11-5-3-4-6-13(11)16-14(9-20-24-16)15-10-25-18(22-15)23-17-19-8-7-12(2)21-17/h3-10H,1-2H3,(H,20,24)(H,19,21,22,23). The van der Waals surface area contributed by atoms with Crippen LogP contribution in [0.25, 0.3) is 22.5 Å². The quantitative estimate of drug-likeness (QED) is 0.573. The fourth-order valence-corrected chi connectivity index (χ4v) is 3.29. The molecule has 2 N–H and O–H groups in total. The lowest BCUT2D eigenvalue weighted by Crippen LogP contribution is -1.97. The summed E-state index contributed by atoms with van der Waals surface area (Å²) >= 11 is 1.51. The van der Waals surface area contributed by atoms with Gasteiger partial charge >= 0.3 is 0 Å². The highest BCUT2D eigenvalue weighted by Crippen LogP contribution is 2.33. The van der Waals surface area contributed by atoms with E-state index in [1.165, 1.54) is 16.9 Å². The normalized spacial score (nSPS) is 10.8. The van der Waals surface area contributed by atoms with Gasteiger partial charge in [-0.05, 0) is 25.5 Å². The van der Waals surface area contributed by atoms with Crippen molar-refractivity contribution in [1.82, 2.24) is 25.1 Å². The first-order chi connectivity index (χ1) is 12.2. The van der Waals surface area contributed by atoms with Crippen molar-refractivity contribution in [2.75, 3.05) is 5.32 Å². The molecule has 0 aliphatic rings. The zero-order valence-electron chi connectivity index (χ0n) is 13.8. The number of nitrogens with zero attached hydrogens (tertiary/aromatic N) is 4. The number of aromatic nitrogens is 5. The number of benzene rings is 1. The largest absolute Gasteiger partial charge is 0.300 e. The molecular weight excluding hydrogens is 332 g/mol. The summed E-state index contributed by atoms with van der Waals surface area (Å²) < 4.78 is 0. The SMILES string of the molecule is Cc1ccnc(Nc2nc(-c3c[nH]nc3-c3ccccc3C)cs2)n1. The van der Waals surface area contributed by atoms with Crippen LogP contribution in [0.1, 0.15) is 11.3 Å². The molecule has 124 valence electrons. The van der Waals surface area contributed by atoms with Crippen LogP contribution in [0.2, 0.25) is 0 Å². The molecule has 0 spiro atoms. The maximum absolute atomic E-state index is 4.66. The van der Waals surface area contributed by atoms with Crippen molar-refractivity contribution >= 4 is 22.4 Å². The second-order valence-corrected chi connectivity index (χ2v) is 6.51. The maximum atomic E-state index is 4.66. The summed E-state index contributed by atoms with van der Waals surface area (Å²) in [4.78, 5) is 13.2. The van der Waals surface area contributed by atoms with Gasteiger partial charge in [-0.2, -0.15) is 5.10 Å². The van der Waals surface area contributed by atoms with Gasteiger partial charge in [0.05, 0.1) is 5.69 Å². The van der Waals surface area contributed by atoms with Crippen LogP contribution in [-0.4, -0.2) is 25.1 Å². The first kappa shape index (κ1) is 15.5. The number of rotatable bonds is 4. The second-order valence-electron chi connectivity index (χ2n) is 5.65. The van der Waals surface area contributed by atoms with Crippen LogP contribution < -0.4 is 5.32 Å². The van der Waals surface area contributed by atoms with Crippen LogP contribution >= 0.6 is 11.3 Å². The van der Waals surface area contributed by atoms with Gasteiger partial charge in [-0.3, -0.25) is 5.10 Å². The van der Waals surface area contributed by atoms with Gasteiger partial charge in [-0.1, -0.05) is 24.3 Å². The first-order valence-electron chi connectivity index (χ1n) is 7.83. The lowest BCUT2D eigenvalue weighted by Gasteiger charge is -2.04. The van der Waals surface area contributed by atoms with E-state index in [-0.39, 0.29) is 0 Å². The maximum Gasteiger partial charge on any atom is 0.229 e. The topological polar surface area (TPSA) is 79.4 Å². The molecule has 3 heterocycles. The van der Waals surface area contributed by atoms with Crippen molar-refractivity contribution in [2.24, 2.45) is 0 Å². The fourth-order valence-electron chi connectivity index (χ4n) is 2.59. The molecule has 0 unspecified atom stereocenters. The molecule has 0 fully saturated rings. The Morgan fingerprint density at radius 1 is 1.04 bits per heavy atom. The molecule has 1 aromatic carbocycles. The van der Waals surface area contributed by atoms with Crippen LogP contribution in [0.4, 0.5) is 11.1 Å². The van der Waals surface area contributed by atoms with Crippen molar-refractivity contribution in [3.8, 4) is 22.5 Å². The van der Waals surface area contributed by atoms with E-state index >= 15 is 0 Å². The number of hydrogen-bond donors (Lipinski definition) is 2. The van der Waals surface area contributed by atoms with E-state index in [0.717, 1.165) is 33.3 Å². The number of aromatic amines is 1. The highest BCUT2D eigenvalue weighted by molar-refractivity contribution is 7.14. The van der Waals surface area contributed by atoms with Crippen LogP contribution in [0.15, 0.2) is 48.1 Å². The number of H-pyrrole nitrogens is 1. The van der Waals surface area contributed by atoms with Gasteiger partial charge in [-0.15, -0.1) is 11.3 Å². The molecule has 0 aliphatic carbocycles. The Balaban J connectivity index is 1.66. The molecular formula is C18H16N6S. The molecule has 7 heteroatoms. The molecule has 0 radical (unpaired) electrons. The van der Waals surface area contributed by atoms with Crippen molar-refractivity contribution in [3.05, 3.63) is 59.4 Å². The van der Waals surface area contributed by atoms with E-state index in [1.807, 2.05) is 36.7 Å². The molecule has 0 amide bonds. The number of thiazole rings is 1. The molecule has 4 aromatic rings. The Labute approximate surface area is 149 Å². The summed E-state index contributed by atoms with van der Waals surface area (Å²) in [5.74, 6) is 0.548. The zero-order valence-corrected chi connectivity index (χ0v) is 14.6. The molecule has 4 rings (SSSR count). The molecule has 3 aromatic heterocycles. The number of nitrogens with one attached hydrogen (secondary N) is 2. The van der Waals surface area contributed by atoms with E-state index < -0.39 is 0 Å². The minimum atomic E-state index is 0.548. The minimum absolute atomic E-state index is 0.548.